The number of carboxylic acid groups (broad SMARTS) is 1. The van der Waals surface area contributed by atoms with Crippen LogP contribution in [0, 0.1) is 0 Å². The van der Waals surface area contributed by atoms with Gasteiger partial charge in [-0.25, -0.2) is 0 Å². The number of carbonyl (C=O) groups excluding carboxylic acids is 1. The van der Waals surface area contributed by atoms with Crippen molar-refractivity contribution in [3.05, 3.63) is 108 Å². The number of aliphatic carboxylic acids is 1. The maximum atomic E-state index is 11.9. The van der Waals surface area contributed by atoms with E-state index in [0.29, 0.717) is 11.4 Å². The van der Waals surface area contributed by atoms with E-state index in [0.717, 1.165) is 16.7 Å². The van der Waals surface area contributed by atoms with E-state index in [1.165, 1.54) is 0 Å². The largest absolute Gasteiger partial charge is 0.480 e. The van der Waals surface area contributed by atoms with Gasteiger partial charge in [0.15, 0.2) is 0 Å². The molecule has 0 heterocycles. The molecule has 0 aliphatic heterocycles. The van der Waals surface area contributed by atoms with E-state index in [9.17, 15) is 9.59 Å². The van der Waals surface area contributed by atoms with Gasteiger partial charge in [0, 0.05) is 6.42 Å². The summed E-state index contributed by atoms with van der Waals surface area (Å²) in [5.74, 6) is -1.51. The molecule has 0 unspecified atom stereocenters. The molecule has 0 saturated carbocycles. The maximum absolute atomic E-state index is 11.9. The van der Waals surface area contributed by atoms with Crippen LogP contribution < -0.4 is 10.6 Å². The predicted molar refractivity (Wildman–Crippen MR) is 125 cm³/mol. The van der Waals surface area contributed by atoms with Gasteiger partial charge in [0.25, 0.3) is 0 Å². The third kappa shape index (κ3) is 5.55. The lowest BCUT2D eigenvalue weighted by Gasteiger charge is -2.36. The number of amides is 1. The zero-order valence-electron chi connectivity index (χ0n) is 17.0. The Hall–Kier alpha value is -3.51. The average Bonchev–Trinajstić information content (AvgIpc) is 2.81. The Balaban J connectivity index is 1.95. The molecule has 0 aromatic heterocycles. The summed E-state index contributed by atoms with van der Waals surface area (Å²) in [5.41, 5.74) is 2.72. The van der Waals surface area contributed by atoms with E-state index in [2.05, 4.69) is 47.0 Å². The molecule has 0 spiro atoms. The number of thiocarbonyl (C=S) groups is 1. The topological polar surface area (TPSA) is 78.4 Å². The van der Waals surface area contributed by atoms with Crippen LogP contribution in [0.5, 0.6) is 0 Å². The summed E-state index contributed by atoms with van der Waals surface area (Å²) in [5, 5.41) is 14.0. The third-order valence-corrected chi connectivity index (χ3v) is 5.40. The molecular formula is C25H24N2O3S. The van der Waals surface area contributed by atoms with Gasteiger partial charge in [-0.05, 0) is 16.7 Å². The highest BCUT2D eigenvalue weighted by Gasteiger charge is 2.37. The molecule has 158 valence electrons. The molecule has 31 heavy (non-hydrogen) atoms. The van der Waals surface area contributed by atoms with Crippen molar-refractivity contribution in [1.82, 2.24) is 10.6 Å². The van der Waals surface area contributed by atoms with Crippen LogP contribution in [0.3, 0.4) is 0 Å². The van der Waals surface area contributed by atoms with Crippen LogP contribution >= 0.6 is 12.2 Å². The zero-order valence-corrected chi connectivity index (χ0v) is 17.8. The van der Waals surface area contributed by atoms with Crippen molar-refractivity contribution < 1.29 is 14.7 Å². The van der Waals surface area contributed by atoms with E-state index < -0.39 is 23.8 Å². The van der Waals surface area contributed by atoms with Gasteiger partial charge in [0.05, 0.1) is 16.9 Å². The number of benzene rings is 3. The highest BCUT2D eigenvalue weighted by molar-refractivity contribution is 7.80. The average molecular weight is 433 g/mol. The van der Waals surface area contributed by atoms with Crippen molar-refractivity contribution in [2.24, 2.45) is 0 Å². The molecule has 3 rings (SSSR count). The monoisotopic (exact) mass is 432 g/mol. The number of nitrogens with one attached hydrogen (secondary N) is 2. The molecule has 3 N–H and O–H groups in total. The molecule has 0 atom stereocenters. The van der Waals surface area contributed by atoms with Gasteiger partial charge in [-0.1, -0.05) is 103 Å². The maximum Gasteiger partial charge on any atom is 0.322 e. The summed E-state index contributed by atoms with van der Waals surface area (Å²) in [4.78, 5) is 23.1. The quantitative estimate of drug-likeness (QED) is 0.356. The minimum absolute atomic E-state index is 0.0828. The highest BCUT2D eigenvalue weighted by atomic mass is 32.1. The fourth-order valence-electron chi connectivity index (χ4n) is 3.69. The second-order valence-corrected chi connectivity index (χ2v) is 7.62. The Kier molecular flexibility index (Phi) is 7.51. The standard InChI is InChI=1S/C25H24N2O3S/c28-22(26-18-24(29)30)17-27-23(31)16-25(19-10-4-1-5-11-19,20-12-6-2-7-13-20)21-14-8-3-9-15-21/h1-15H,16-18H2,(H,26,28)(H,27,31)(H,29,30). The molecule has 0 radical (unpaired) electrons. The SMILES string of the molecule is O=C(O)CNC(=O)CNC(=S)CC(c1ccccc1)(c1ccccc1)c1ccccc1. The van der Waals surface area contributed by atoms with Crippen molar-refractivity contribution >= 4 is 29.1 Å². The summed E-state index contributed by atoms with van der Waals surface area (Å²) in [6, 6.07) is 30.5. The normalized spacial score (nSPS) is 10.8. The molecule has 6 heteroatoms. The third-order valence-electron chi connectivity index (χ3n) is 5.11. The fraction of sp³-hybridized carbons (Fsp3) is 0.160. The van der Waals surface area contributed by atoms with Gasteiger partial charge in [0.2, 0.25) is 5.91 Å². The number of hydrogen-bond donors (Lipinski definition) is 3. The van der Waals surface area contributed by atoms with Crippen molar-refractivity contribution in [2.75, 3.05) is 13.1 Å². The van der Waals surface area contributed by atoms with E-state index in [4.69, 9.17) is 17.3 Å². The van der Waals surface area contributed by atoms with Crippen molar-refractivity contribution in [3.8, 4) is 0 Å². The van der Waals surface area contributed by atoms with E-state index >= 15 is 0 Å². The van der Waals surface area contributed by atoms with Gasteiger partial charge >= 0.3 is 5.97 Å². The zero-order chi connectivity index (χ0) is 22.1. The molecule has 0 saturated heterocycles. The summed E-state index contributed by atoms with van der Waals surface area (Å²) in [6.45, 7) is -0.504. The summed E-state index contributed by atoms with van der Waals surface area (Å²) in [7, 11) is 0. The second-order valence-electron chi connectivity index (χ2n) is 7.13. The van der Waals surface area contributed by atoms with Crippen molar-refractivity contribution in [2.45, 2.75) is 11.8 Å². The molecule has 0 bridgehead atoms. The number of carbonyl (C=O) groups is 2. The van der Waals surface area contributed by atoms with Gasteiger partial charge in [-0.2, -0.15) is 0 Å². The van der Waals surface area contributed by atoms with E-state index in [-0.39, 0.29) is 6.54 Å². The summed E-state index contributed by atoms with van der Waals surface area (Å²) < 4.78 is 0. The Morgan fingerprint density at radius 2 is 1.13 bits per heavy atom. The van der Waals surface area contributed by atoms with Crippen LogP contribution in [0.4, 0.5) is 0 Å². The molecule has 1 amide bonds. The van der Waals surface area contributed by atoms with Gasteiger partial charge in [-0.3, -0.25) is 9.59 Å². The molecule has 0 aliphatic carbocycles. The highest BCUT2D eigenvalue weighted by Crippen LogP contribution is 2.42. The van der Waals surface area contributed by atoms with E-state index in [1.54, 1.807) is 0 Å². The first-order chi connectivity index (χ1) is 15.0. The first-order valence-corrected chi connectivity index (χ1v) is 10.3. The Bertz CT molecular complexity index is 928. The summed E-state index contributed by atoms with van der Waals surface area (Å²) in [6.07, 6.45) is 0.451. The fourth-order valence-corrected chi connectivity index (χ4v) is 3.98. The lowest BCUT2D eigenvalue weighted by atomic mass is 9.67. The minimum atomic E-state index is -1.09. The second kappa shape index (κ2) is 10.5. The van der Waals surface area contributed by atoms with Crippen LogP contribution in [-0.2, 0) is 15.0 Å². The predicted octanol–water partition coefficient (Wildman–Crippen LogP) is 3.53. The van der Waals surface area contributed by atoms with Crippen molar-refractivity contribution in [1.29, 1.82) is 0 Å². The first kappa shape index (κ1) is 22.2. The Labute approximate surface area is 187 Å². The molecule has 3 aromatic carbocycles. The lowest BCUT2D eigenvalue weighted by molar-refractivity contribution is -0.137. The van der Waals surface area contributed by atoms with Crippen LogP contribution in [0.2, 0.25) is 0 Å². The molecule has 0 fully saturated rings. The molecule has 3 aromatic rings. The minimum Gasteiger partial charge on any atom is -0.480 e. The number of rotatable bonds is 9. The molecular weight excluding hydrogens is 408 g/mol. The number of hydrogen-bond acceptors (Lipinski definition) is 3. The Morgan fingerprint density at radius 1 is 0.710 bits per heavy atom. The van der Waals surface area contributed by atoms with Crippen LogP contribution in [0.1, 0.15) is 23.1 Å². The Morgan fingerprint density at radius 3 is 1.52 bits per heavy atom. The number of carboxylic acids is 1. The van der Waals surface area contributed by atoms with Gasteiger partial charge in [-0.15, -0.1) is 0 Å². The smallest absolute Gasteiger partial charge is 0.322 e. The summed E-state index contributed by atoms with van der Waals surface area (Å²) >= 11 is 5.65. The first-order valence-electron chi connectivity index (χ1n) is 9.94. The van der Waals surface area contributed by atoms with Gasteiger partial charge < -0.3 is 15.7 Å². The van der Waals surface area contributed by atoms with Crippen LogP contribution in [0.25, 0.3) is 0 Å². The molecule has 0 aliphatic rings. The molecule has 5 nitrogen and oxygen atoms in total. The van der Waals surface area contributed by atoms with Crippen LogP contribution in [-0.4, -0.2) is 35.1 Å². The van der Waals surface area contributed by atoms with Crippen molar-refractivity contribution in [3.63, 3.8) is 0 Å². The van der Waals surface area contributed by atoms with E-state index in [1.807, 2.05) is 54.6 Å². The lowest BCUT2D eigenvalue weighted by Crippen LogP contribution is -2.41. The van der Waals surface area contributed by atoms with Crippen LogP contribution in [0.15, 0.2) is 91.0 Å². The van der Waals surface area contributed by atoms with Gasteiger partial charge in [0.1, 0.15) is 6.54 Å².